The van der Waals surface area contributed by atoms with Crippen LogP contribution in [0.1, 0.15) is 12.0 Å². The molecule has 0 radical (unpaired) electrons. The maximum atomic E-state index is 11.8. The van der Waals surface area contributed by atoms with Crippen LogP contribution in [-0.2, 0) is 0 Å². The molecule has 1 fully saturated rings. The third-order valence-corrected chi connectivity index (χ3v) is 3.13. The van der Waals surface area contributed by atoms with Crippen molar-refractivity contribution < 1.29 is 9.90 Å². The number of nitrogens with zero attached hydrogens (tertiary/aromatic N) is 1. The lowest BCUT2D eigenvalue weighted by Gasteiger charge is -2.17. The van der Waals surface area contributed by atoms with E-state index in [0.717, 1.165) is 5.56 Å². The fourth-order valence-electron chi connectivity index (χ4n) is 1.84. The number of nitrogens with one attached hydrogen (secondary N) is 1. The highest BCUT2D eigenvalue weighted by molar-refractivity contribution is 6.33. The summed E-state index contributed by atoms with van der Waals surface area (Å²) in [4.78, 5) is 13.4. The second-order valence-electron chi connectivity index (χ2n) is 4.30. The molecule has 0 unspecified atom stereocenters. The van der Waals surface area contributed by atoms with Crippen LogP contribution in [0.4, 0.5) is 10.5 Å². The quantitative estimate of drug-likeness (QED) is 0.808. The summed E-state index contributed by atoms with van der Waals surface area (Å²) in [6.45, 7) is 2.90. The average molecular weight is 255 g/mol. The molecule has 0 saturated carbocycles. The van der Waals surface area contributed by atoms with Gasteiger partial charge in [0.2, 0.25) is 0 Å². The first-order chi connectivity index (χ1) is 8.06. The Bertz CT molecular complexity index is 437. The predicted octanol–water partition coefficient (Wildman–Crippen LogP) is 2.25. The highest BCUT2D eigenvalue weighted by atomic mass is 35.5. The van der Waals surface area contributed by atoms with E-state index in [1.165, 1.54) is 0 Å². The van der Waals surface area contributed by atoms with Crippen molar-refractivity contribution in [1.82, 2.24) is 4.90 Å². The van der Waals surface area contributed by atoms with Gasteiger partial charge < -0.3 is 15.3 Å². The molecule has 1 aromatic rings. The van der Waals surface area contributed by atoms with Gasteiger partial charge in [0.05, 0.1) is 16.8 Å². The van der Waals surface area contributed by atoms with Crippen LogP contribution in [0.15, 0.2) is 18.2 Å². The van der Waals surface area contributed by atoms with Gasteiger partial charge in [-0.3, -0.25) is 0 Å². The van der Waals surface area contributed by atoms with Crippen molar-refractivity contribution >= 4 is 23.3 Å². The lowest BCUT2D eigenvalue weighted by molar-refractivity contribution is 0.176. The number of carbonyl (C=O) groups excluding carboxylic acids is 1. The fraction of sp³-hybridized carbons (Fsp3) is 0.417. The van der Waals surface area contributed by atoms with E-state index in [4.69, 9.17) is 11.6 Å². The third kappa shape index (κ3) is 2.90. The van der Waals surface area contributed by atoms with Crippen LogP contribution in [0, 0.1) is 6.92 Å². The monoisotopic (exact) mass is 254 g/mol. The minimum atomic E-state index is -0.408. The van der Waals surface area contributed by atoms with Crippen molar-refractivity contribution in [3.63, 3.8) is 0 Å². The van der Waals surface area contributed by atoms with Crippen LogP contribution in [0.25, 0.3) is 0 Å². The zero-order valence-corrected chi connectivity index (χ0v) is 10.4. The van der Waals surface area contributed by atoms with Gasteiger partial charge >= 0.3 is 6.03 Å². The Labute approximate surface area is 105 Å². The standard InChI is InChI=1S/C12H15ClN2O2/c1-8-2-3-11(10(13)6-8)14-12(17)15-5-4-9(16)7-15/h2-3,6,9,16H,4-5,7H2,1H3,(H,14,17)/t9-/m0/s1. The minimum absolute atomic E-state index is 0.215. The Kier molecular flexibility index (Phi) is 3.54. The van der Waals surface area contributed by atoms with Gasteiger partial charge in [-0.1, -0.05) is 17.7 Å². The first-order valence-corrected chi connectivity index (χ1v) is 5.94. The number of aliphatic hydroxyl groups excluding tert-OH is 1. The molecular formula is C12H15ClN2O2. The van der Waals surface area contributed by atoms with Crippen molar-refractivity contribution in [2.45, 2.75) is 19.4 Å². The van der Waals surface area contributed by atoms with Crippen LogP contribution < -0.4 is 5.32 Å². The summed E-state index contributed by atoms with van der Waals surface area (Å²) in [5, 5.41) is 12.6. The lowest BCUT2D eigenvalue weighted by atomic mass is 10.2. The molecule has 5 heteroatoms. The number of halogens is 1. The van der Waals surface area contributed by atoms with E-state index >= 15 is 0 Å². The predicted molar refractivity (Wildman–Crippen MR) is 67.4 cm³/mol. The van der Waals surface area contributed by atoms with Gasteiger partial charge in [-0.15, -0.1) is 0 Å². The van der Waals surface area contributed by atoms with Gasteiger partial charge in [-0.2, -0.15) is 0 Å². The number of aliphatic hydroxyl groups is 1. The molecule has 1 atom stereocenters. The summed E-state index contributed by atoms with van der Waals surface area (Å²) in [5.41, 5.74) is 1.65. The van der Waals surface area contributed by atoms with Crippen LogP contribution in [0.5, 0.6) is 0 Å². The first kappa shape index (κ1) is 12.2. The largest absolute Gasteiger partial charge is 0.391 e. The number of anilines is 1. The zero-order chi connectivity index (χ0) is 12.4. The molecule has 2 N–H and O–H groups in total. The van der Waals surface area contributed by atoms with Crippen LogP contribution in [-0.4, -0.2) is 35.2 Å². The van der Waals surface area contributed by atoms with Crippen molar-refractivity contribution in [3.8, 4) is 0 Å². The third-order valence-electron chi connectivity index (χ3n) is 2.82. The first-order valence-electron chi connectivity index (χ1n) is 5.56. The molecule has 1 heterocycles. The SMILES string of the molecule is Cc1ccc(NC(=O)N2CC[C@H](O)C2)c(Cl)c1. The van der Waals surface area contributed by atoms with Gasteiger partial charge in [0, 0.05) is 13.1 Å². The van der Waals surface area contributed by atoms with Crippen LogP contribution in [0.2, 0.25) is 5.02 Å². The number of hydrogen-bond acceptors (Lipinski definition) is 2. The highest BCUT2D eigenvalue weighted by Gasteiger charge is 2.24. The van der Waals surface area contributed by atoms with E-state index in [0.29, 0.717) is 30.2 Å². The zero-order valence-electron chi connectivity index (χ0n) is 9.61. The molecule has 1 aliphatic rings. The smallest absolute Gasteiger partial charge is 0.321 e. The molecule has 1 saturated heterocycles. The molecule has 2 rings (SSSR count). The number of β-amino-alcohol motifs (C(OH)–C–C–N with tert-alkyl or cyclic N) is 1. The number of aryl methyl sites for hydroxylation is 1. The average Bonchev–Trinajstić information content (AvgIpc) is 2.69. The second kappa shape index (κ2) is 4.94. The number of urea groups is 1. The van der Waals surface area contributed by atoms with E-state index in [9.17, 15) is 9.90 Å². The van der Waals surface area contributed by atoms with Gasteiger partial charge in [-0.05, 0) is 31.0 Å². The molecule has 0 aromatic heterocycles. The van der Waals surface area contributed by atoms with Crippen molar-refractivity contribution in [1.29, 1.82) is 0 Å². The number of amides is 2. The Morgan fingerprint density at radius 1 is 1.59 bits per heavy atom. The van der Waals surface area contributed by atoms with E-state index in [1.54, 1.807) is 17.0 Å². The number of benzene rings is 1. The summed E-state index contributed by atoms with van der Waals surface area (Å²) >= 11 is 6.03. The molecule has 1 aliphatic heterocycles. The van der Waals surface area contributed by atoms with Gasteiger partial charge in [0.15, 0.2) is 0 Å². The van der Waals surface area contributed by atoms with Crippen molar-refractivity contribution in [2.24, 2.45) is 0 Å². The minimum Gasteiger partial charge on any atom is -0.391 e. The van der Waals surface area contributed by atoms with Gasteiger partial charge in [0.1, 0.15) is 0 Å². The summed E-state index contributed by atoms with van der Waals surface area (Å²) in [6, 6.07) is 5.26. The molecule has 4 nitrogen and oxygen atoms in total. The summed E-state index contributed by atoms with van der Waals surface area (Å²) in [5.74, 6) is 0. The highest BCUT2D eigenvalue weighted by Crippen LogP contribution is 2.23. The molecule has 0 spiro atoms. The fourth-order valence-corrected chi connectivity index (χ4v) is 2.12. The van der Waals surface area contributed by atoms with Gasteiger partial charge in [0.25, 0.3) is 0 Å². The topological polar surface area (TPSA) is 52.6 Å². The second-order valence-corrected chi connectivity index (χ2v) is 4.71. The summed E-state index contributed by atoms with van der Waals surface area (Å²) < 4.78 is 0. The Balaban J connectivity index is 2.03. The van der Waals surface area contributed by atoms with Crippen molar-refractivity contribution in [2.75, 3.05) is 18.4 Å². The van der Waals surface area contributed by atoms with E-state index in [1.807, 2.05) is 13.0 Å². The number of hydrogen-bond donors (Lipinski definition) is 2. The molecule has 2 amide bonds. The Hall–Kier alpha value is -1.26. The van der Waals surface area contributed by atoms with E-state index < -0.39 is 6.10 Å². The Morgan fingerprint density at radius 3 is 2.94 bits per heavy atom. The number of rotatable bonds is 1. The molecule has 0 bridgehead atoms. The maximum absolute atomic E-state index is 11.8. The van der Waals surface area contributed by atoms with Crippen molar-refractivity contribution in [3.05, 3.63) is 28.8 Å². The lowest BCUT2D eigenvalue weighted by Crippen LogP contribution is -2.33. The van der Waals surface area contributed by atoms with Crippen LogP contribution in [0.3, 0.4) is 0 Å². The molecule has 17 heavy (non-hydrogen) atoms. The van der Waals surface area contributed by atoms with E-state index in [-0.39, 0.29) is 6.03 Å². The maximum Gasteiger partial charge on any atom is 0.321 e. The summed E-state index contributed by atoms with van der Waals surface area (Å²) in [6.07, 6.45) is 0.226. The molecule has 0 aliphatic carbocycles. The molecule has 1 aromatic carbocycles. The number of likely N-dealkylation sites (tertiary alicyclic amines) is 1. The van der Waals surface area contributed by atoms with Gasteiger partial charge in [-0.25, -0.2) is 4.79 Å². The molecular weight excluding hydrogens is 240 g/mol. The molecule has 92 valence electrons. The normalized spacial score (nSPS) is 19.5. The number of carbonyl (C=O) groups is 1. The summed E-state index contributed by atoms with van der Waals surface area (Å²) in [7, 11) is 0. The van der Waals surface area contributed by atoms with Crippen LogP contribution >= 0.6 is 11.6 Å². The Morgan fingerprint density at radius 2 is 2.35 bits per heavy atom. The van der Waals surface area contributed by atoms with E-state index in [2.05, 4.69) is 5.32 Å².